The smallest absolute Gasteiger partial charge is 0.0409 e. The molecular formula is C18H29N. The Labute approximate surface area is 118 Å². The normalized spacial score (nSPS) is 28.4. The van der Waals surface area contributed by atoms with Gasteiger partial charge in [0.25, 0.3) is 0 Å². The van der Waals surface area contributed by atoms with Crippen LogP contribution in [0.25, 0.3) is 0 Å². The van der Waals surface area contributed by atoms with Crippen LogP contribution in [0.1, 0.15) is 62.6 Å². The van der Waals surface area contributed by atoms with Crippen LogP contribution >= 0.6 is 0 Å². The topological polar surface area (TPSA) is 26.0 Å². The van der Waals surface area contributed by atoms with Crippen molar-refractivity contribution in [3.63, 3.8) is 0 Å². The molecule has 0 saturated heterocycles. The van der Waals surface area contributed by atoms with Crippen LogP contribution in [0.4, 0.5) is 0 Å². The third-order valence-corrected chi connectivity index (χ3v) is 4.90. The summed E-state index contributed by atoms with van der Waals surface area (Å²) in [6, 6.07) is 6.83. The first-order valence-electron chi connectivity index (χ1n) is 7.78. The number of hydrogen-bond donors (Lipinski definition) is 1. The lowest BCUT2D eigenvalue weighted by atomic mass is 9.81. The Bertz CT molecular complexity index is 415. The van der Waals surface area contributed by atoms with E-state index in [4.69, 9.17) is 5.73 Å². The summed E-state index contributed by atoms with van der Waals surface area (Å²) in [5.74, 6) is 1.65. The molecule has 0 aromatic heterocycles. The van der Waals surface area contributed by atoms with E-state index in [9.17, 15) is 0 Å². The van der Waals surface area contributed by atoms with E-state index in [0.29, 0.717) is 0 Å². The summed E-state index contributed by atoms with van der Waals surface area (Å²) in [7, 11) is 0. The van der Waals surface area contributed by atoms with Gasteiger partial charge in [0.2, 0.25) is 0 Å². The average Bonchev–Trinajstić information content (AvgIpc) is 2.51. The minimum absolute atomic E-state index is 0.0968. The highest BCUT2D eigenvalue weighted by Gasteiger charge is 2.31. The van der Waals surface area contributed by atoms with Crippen LogP contribution in [-0.4, -0.2) is 0 Å². The van der Waals surface area contributed by atoms with E-state index in [-0.39, 0.29) is 5.54 Å². The largest absolute Gasteiger partial charge is 0.321 e. The first-order chi connectivity index (χ1) is 8.90. The van der Waals surface area contributed by atoms with E-state index in [1.54, 1.807) is 0 Å². The predicted octanol–water partition coefficient (Wildman–Crippen LogP) is 4.69. The molecule has 2 N–H and O–H groups in total. The summed E-state index contributed by atoms with van der Waals surface area (Å²) in [5, 5.41) is 0. The molecule has 2 rings (SSSR count). The molecule has 2 unspecified atom stereocenters. The number of hydrogen-bond acceptors (Lipinski definition) is 1. The number of nitrogens with two attached hydrogens (primary N) is 1. The highest BCUT2D eigenvalue weighted by atomic mass is 14.7. The van der Waals surface area contributed by atoms with E-state index in [2.05, 4.69) is 45.9 Å². The molecule has 0 amide bonds. The Balaban J connectivity index is 2.22. The van der Waals surface area contributed by atoms with Crippen LogP contribution in [0.5, 0.6) is 0 Å². The monoisotopic (exact) mass is 259 g/mol. The van der Waals surface area contributed by atoms with Gasteiger partial charge in [0.15, 0.2) is 0 Å². The van der Waals surface area contributed by atoms with Crippen molar-refractivity contribution in [2.24, 2.45) is 17.6 Å². The zero-order valence-electron chi connectivity index (χ0n) is 13.0. The van der Waals surface area contributed by atoms with Gasteiger partial charge in [-0.15, -0.1) is 0 Å². The summed E-state index contributed by atoms with van der Waals surface area (Å²) in [4.78, 5) is 0. The second kappa shape index (κ2) is 5.66. The molecule has 1 aromatic rings. The molecule has 0 radical (unpaired) electrons. The van der Waals surface area contributed by atoms with Crippen molar-refractivity contribution in [3.05, 3.63) is 34.9 Å². The summed E-state index contributed by atoms with van der Waals surface area (Å²) in [6.45, 7) is 9.05. The average molecular weight is 259 g/mol. The maximum Gasteiger partial charge on any atom is 0.0409 e. The lowest BCUT2D eigenvalue weighted by Crippen LogP contribution is -2.36. The standard InChI is InChI=1S/C18H29N/c1-13(2)16-6-5-8-18(19,9-7-16)17-11-14(3)10-15(4)12-17/h10-13,16H,5-9,19H2,1-4H3. The lowest BCUT2D eigenvalue weighted by Gasteiger charge is -2.30. The summed E-state index contributed by atoms with van der Waals surface area (Å²) in [6.07, 6.45) is 6.17. The van der Waals surface area contributed by atoms with Crippen molar-refractivity contribution in [1.29, 1.82) is 0 Å². The maximum absolute atomic E-state index is 6.78. The van der Waals surface area contributed by atoms with Gasteiger partial charge in [-0.3, -0.25) is 0 Å². The predicted molar refractivity (Wildman–Crippen MR) is 83.2 cm³/mol. The Morgan fingerprint density at radius 3 is 2.26 bits per heavy atom. The zero-order chi connectivity index (χ0) is 14.0. The number of benzene rings is 1. The van der Waals surface area contributed by atoms with E-state index in [1.807, 2.05) is 0 Å². The first-order valence-corrected chi connectivity index (χ1v) is 7.78. The molecule has 1 aliphatic carbocycles. The van der Waals surface area contributed by atoms with Crippen LogP contribution in [0.2, 0.25) is 0 Å². The quantitative estimate of drug-likeness (QED) is 0.766. The van der Waals surface area contributed by atoms with Gasteiger partial charge >= 0.3 is 0 Å². The molecule has 106 valence electrons. The molecule has 0 aliphatic heterocycles. The van der Waals surface area contributed by atoms with Gasteiger partial charge in [0.05, 0.1) is 0 Å². The fraction of sp³-hybridized carbons (Fsp3) is 0.667. The van der Waals surface area contributed by atoms with Crippen LogP contribution in [0.3, 0.4) is 0 Å². The van der Waals surface area contributed by atoms with E-state index in [0.717, 1.165) is 24.7 Å². The molecule has 1 aliphatic rings. The second-order valence-electron chi connectivity index (χ2n) is 6.97. The maximum atomic E-state index is 6.78. The Kier molecular flexibility index (Phi) is 4.35. The van der Waals surface area contributed by atoms with E-state index in [1.165, 1.54) is 36.0 Å². The van der Waals surface area contributed by atoms with Crippen molar-refractivity contribution in [2.75, 3.05) is 0 Å². The van der Waals surface area contributed by atoms with E-state index >= 15 is 0 Å². The fourth-order valence-electron chi connectivity index (χ4n) is 3.61. The van der Waals surface area contributed by atoms with Crippen molar-refractivity contribution in [1.82, 2.24) is 0 Å². The van der Waals surface area contributed by atoms with Gasteiger partial charge in [-0.2, -0.15) is 0 Å². The number of rotatable bonds is 2. The van der Waals surface area contributed by atoms with E-state index < -0.39 is 0 Å². The first kappa shape index (κ1) is 14.6. The molecule has 1 aromatic carbocycles. The summed E-state index contributed by atoms with van der Waals surface area (Å²) < 4.78 is 0. The van der Waals surface area contributed by atoms with Crippen molar-refractivity contribution in [3.8, 4) is 0 Å². The molecule has 19 heavy (non-hydrogen) atoms. The van der Waals surface area contributed by atoms with Gasteiger partial charge in [0, 0.05) is 5.54 Å². The lowest BCUT2D eigenvalue weighted by molar-refractivity contribution is 0.325. The molecule has 0 heterocycles. The highest BCUT2D eigenvalue weighted by molar-refractivity contribution is 5.33. The third kappa shape index (κ3) is 3.39. The van der Waals surface area contributed by atoms with Crippen LogP contribution in [0.15, 0.2) is 18.2 Å². The Hall–Kier alpha value is -0.820. The second-order valence-corrected chi connectivity index (χ2v) is 6.97. The molecule has 2 atom stereocenters. The molecule has 1 fully saturated rings. The molecule has 1 nitrogen and oxygen atoms in total. The molecule has 1 heteroatoms. The SMILES string of the molecule is Cc1cc(C)cc(C2(N)CCCC(C(C)C)CC2)c1. The zero-order valence-corrected chi connectivity index (χ0v) is 13.0. The van der Waals surface area contributed by atoms with Gasteiger partial charge in [-0.25, -0.2) is 0 Å². The molecule has 1 saturated carbocycles. The molecular weight excluding hydrogens is 230 g/mol. The van der Waals surface area contributed by atoms with Gasteiger partial charge in [0.1, 0.15) is 0 Å². The van der Waals surface area contributed by atoms with Crippen molar-refractivity contribution >= 4 is 0 Å². The Morgan fingerprint density at radius 2 is 1.68 bits per heavy atom. The van der Waals surface area contributed by atoms with Gasteiger partial charge in [-0.05, 0) is 50.5 Å². The minimum Gasteiger partial charge on any atom is -0.321 e. The van der Waals surface area contributed by atoms with Crippen molar-refractivity contribution < 1.29 is 0 Å². The summed E-state index contributed by atoms with van der Waals surface area (Å²) >= 11 is 0. The van der Waals surface area contributed by atoms with Crippen LogP contribution in [-0.2, 0) is 5.54 Å². The van der Waals surface area contributed by atoms with Gasteiger partial charge < -0.3 is 5.73 Å². The molecule has 0 bridgehead atoms. The molecule has 0 spiro atoms. The fourth-order valence-corrected chi connectivity index (χ4v) is 3.61. The summed E-state index contributed by atoms with van der Waals surface area (Å²) in [5.41, 5.74) is 10.7. The third-order valence-electron chi connectivity index (χ3n) is 4.90. The van der Waals surface area contributed by atoms with Crippen molar-refractivity contribution in [2.45, 2.75) is 65.3 Å². The van der Waals surface area contributed by atoms with Gasteiger partial charge in [-0.1, -0.05) is 56.0 Å². The number of aryl methyl sites for hydroxylation is 2. The Morgan fingerprint density at radius 1 is 1.05 bits per heavy atom. The van der Waals surface area contributed by atoms with Crippen LogP contribution in [0, 0.1) is 25.7 Å². The minimum atomic E-state index is -0.0968. The highest BCUT2D eigenvalue weighted by Crippen LogP contribution is 2.38. The van der Waals surface area contributed by atoms with Crippen LogP contribution < -0.4 is 5.73 Å².